The van der Waals surface area contributed by atoms with Crippen molar-refractivity contribution in [1.29, 1.82) is 5.41 Å². The molecule has 2 fully saturated rings. The summed E-state index contributed by atoms with van der Waals surface area (Å²) in [7, 11) is 2.67. The van der Waals surface area contributed by atoms with Crippen molar-refractivity contribution in [3.05, 3.63) is 57.8 Å². The number of esters is 2. The minimum atomic E-state index is -0.924. The third kappa shape index (κ3) is 29.9. The molecule has 7 amide bonds. The van der Waals surface area contributed by atoms with Gasteiger partial charge in [-0.05, 0) is 49.1 Å². The lowest BCUT2D eigenvalue weighted by Gasteiger charge is -2.27. The number of rotatable bonds is 46. The third-order valence-electron chi connectivity index (χ3n) is 14.6. The normalized spacial score (nSPS) is 16.1. The zero-order chi connectivity index (χ0) is 61.5. The molecule has 0 spiro atoms. The fraction of sp³-hybridized carbons (Fsp3) is 0.667. The van der Waals surface area contributed by atoms with Gasteiger partial charge in [0.15, 0.2) is 0 Å². The first-order chi connectivity index (χ1) is 41.1. The summed E-state index contributed by atoms with van der Waals surface area (Å²) in [5.74, 6) is -2.99. The number of methoxy groups -OCH3 is 2. The molecule has 0 radical (unpaired) electrons. The molecule has 7 N–H and O–H groups in total. The summed E-state index contributed by atoms with van der Waals surface area (Å²) in [6.07, 6.45) is 17.0. The van der Waals surface area contributed by atoms with Crippen LogP contribution in [0.5, 0.6) is 0 Å². The number of carbonyl (C=O) groups is 9. The van der Waals surface area contributed by atoms with Crippen molar-refractivity contribution in [2.75, 3.05) is 86.7 Å². The molecule has 4 atom stereocenters. The number of nitrogens with one attached hydrogen (secondary N) is 7. The van der Waals surface area contributed by atoms with E-state index in [2.05, 4.69) is 36.6 Å². The minimum Gasteiger partial charge on any atom is -0.469 e. The van der Waals surface area contributed by atoms with Gasteiger partial charge in [0.05, 0.1) is 67.0 Å². The van der Waals surface area contributed by atoms with Crippen LogP contribution in [0.25, 0.3) is 0 Å². The van der Waals surface area contributed by atoms with Crippen LogP contribution >= 0.6 is 11.3 Å². The Bertz CT molecular complexity index is 2400. The highest BCUT2D eigenvalue weighted by Gasteiger charge is 2.64. The molecule has 1 aliphatic heterocycles. The van der Waals surface area contributed by atoms with Gasteiger partial charge in [0, 0.05) is 54.2 Å². The lowest BCUT2D eigenvalue weighted by atomic mass is 10.0. The van der Waals surface area contributed by atoms with Gasteiger partial charge in [0.2, 0.25) is 35.4 Å². The number of unbranched alkanes of at least 4 members (excludes halogenated alkanes) is 13. The molecule has 1 saturated carbocycles. The molecular formula is C60H92N8O16S. The van der Waals surface area contributed by atoms with Crippen LogP contribution in [0.4, 0.5) is 4.79 Å². The number of benzene rings is 1. The summed E-state index contributed by atoms with van der Waals surface area (Å²) >= 11 is 1.31. The average molecular weight is 1210 g/mol. The fourth-order valence-corrected chi connectivity index (χ4v) is 10.5. The Labute approximate surface area is 503 Å². The van der Waals surface area contributed by atoms with Gasteiger partial charge in [-0.15, -0.1) is 11.3 Å². The number of piperidine rings is 1. The summed E-state index contributed by atoms with van der Waals surface area (Å²) in [4.78, 5) is 114. The van der Waals surface area contributed by atoms with E-state index in [9.17, 15) is 43.2 Å². The number of alkyl carbamates (subject to hydrolysis) is 1. The zero-order valence-corrected chi connectivity index (χ0v) is 50.8. The molecule has 2 heterocycles. The number of ether oxygens (including phenoxy) is 7. The van der Waals surface area contributed by atoms with Crippen LogP contribution in [0.2, 0.25) is 0 Å². The number of carbonyl (C=O) groups excluding carboxylic acids is 9. The van der Waals surface area contributed by atoms with E-state index in [1.807, 2.05) is 37.3 Å². The second-order valence-electron chi connectivity index (χ2n) is 21.5. The highest BCUT2D eigenvalue weighted by Crippen LogP contribution is 2.59. The van der Waals surface area contributed by atoms with Crippen molar-refractivity contribution in [2.24, 2.45) is 5.41 Å². The van der Waals surface area contributed by atoms with Crippen molar-refractivity contribution in [1.82, 2.24) is 36.8 Å². The number of thiophene rings is 1. The number of likely N-dealkylation sites (tertiary alicyclic amines) is 1. The predicted molar refractivity (Wildman–Crippen MR) is 316 cm³/mol. The second kappa shape index (κ2) is 41.5. The fourth-order valence-electron chi connectivity index (χ4n) is 9.65. The van der Waals surface area contributed by atoms with Crippen molar-refractivity contribution < 1.29 is 76.3 Å². The van der Waals surface area contributed by atoms with Gasteiger partial charge in [-0.3, -0.25) is 44.3 Å². The summed E-state index contributed by atoms with van der Waals surface area (Å²) in [6, 6.07) is 9.13. The van der Waals surface area contributed by atoms with Gasteiger partial charge in [-0.25, -0.2) is 9.59 Å². The standard InChI is InChI=1S/C60H92N8O16S/c1-60-36-48(57(75)65-38-46-35-45(43-85-46)56(61)67-59(77)84-40-44-21-17-16-18-22-44)68(49(60)37-60)54(73)39-64-53(72)42-83-34-32-81-30-28-63-52(71)41-82-33-31-80-29-27-62-50(69)26-25-47(58(76)79-3)66-51(70)23-19-14-12-10-8-6-4-5-7-9-11-13-15-20-24-55(74)78-2/h16-18,21-22,35,43,47-49H,4-15,19-20,23-34,36-42H2,1-3H3,(H,62,69)(H,63,71)(H,64,72)(H,65,75)(H,66,70)(H2,61,67,77)/t47?,48-,49-,60+/m0/s1. The average Bonchev–Trinajstić information content (AvgIpc) is 1.66. The Hall–Kier alpha value is -6.54. The maximum atomic E-state index is 13.4. The predicted octanol–water partition coefficient (Wildman–Crippen LogP) is 5.26. The van der Waals surface area contributed by atoms with Gasteiger partial charge in [0.25, 0.3) is 0 Å². The largest absolute Gasteiger partial charge is 0.469 e. The van der Waals surface area contributed by atoms with E-state index >= 15 is 0 Å². The Morgan fingerprint density at radius 1 is 0.647 bits per heavy atom. The summed E-state index contributed by atoms with van der Waals surface area (Å²) in [6.45, 7) is 2.83. The SMILES string of the molecule is COC(=O)CCCCCCCCCCCCCCCCC(=O)NC(CCC(=O)NCCOCCOCC(=O)NCCOCCOCC(=O)NCC(=O)N1[C@H]2C[C@@]2(C)C[C@H]1C(=O)NCc1cc(C(=N)NC(=O)OCc2ccccc2)cs1)C(=O)OC. The topological polar surface area (TPSA) is 318 Å². The minimum absolute atomic E-state index is 0.00217. The molecule has 85 heavy (non-hydrogen) atoms. The van der Waals surface area contributed by atoms with Gasteiger partial charge < -0.3 is 64.6 Å². The zero-order valence-electron chi connectivity index (χ0n) is 50.0. The third-order valence-corrected chi connectivity index (χ3v) is 15.5. The highest BCUT2D eigenvalue weighted by molar-refractivity contribution is 7.10. The molecule has 1 aromatic heterocycles. The lowest BCUT2D eigenvalue weighted by molar-refractivity contribution is -0.145. The van der Waals surface area contributed by atoms with Crippen LogP contribution in [-0.2, 0) is 84.7 Å². The van der Waals surface area contributed by atoms with Gasteiger partial charge in [-0.2, -0.15) is 0 Å². The molecule has 1 aliphatic carbocycles. The molecule has 1 saturated heterocycles. The molecule has 474 valence electrons. The highest BCUT2D eigenvalue weighted by atomic mass is 32.1. The Kier molecular flexibility index (Phi) is 34.6. The smallest absolute Gasteiger partial charge is 0.413 e. The summed E-state index contributed by atoms with van der Waals surface area (Å²) < 4.78 is 36.4. The van der Waals surface area contributed by atoms with Crippen molar-refractivity contribution in [2.45, 2.75) is 167 Å². The summed E-state index contributed by atoms with van der Waals surface area (Å²) in [5.41, 5.74) is 1.09. The second-order valence-corrected chi connectivity index (χ2v) is 22.5. The molecule has 1 aromatic carbocycles. The van der Waals surface area contributed by atoms with E-state index in [-0.39, 0.29) is 151 Å². The van der Waals surface area contributed by atoms with E-state index in [1.54, 1.807) is 16.3 Å². The number of hydrogen-bond acceptors (Lipinski definition) is 18. The van der Waals surface area contributed by atoms with Crippen molar-refractivity contribution in [3.63, 3.8) is 0 Å². The molecule has 2 aromatic rings. The quantitative estimate of drug-likeness (QED) is 0.0146. The van der Waals surface area contributed by atoms with E-state index < -0.39 is 30.1 Å². The van der Waals surface area contributed by atoms with E-state index in [0.29, 0.717) is 24.8 Å². The Morgan fingerprint density at radius 3 is 1.81 bits per heavy atom. The Morgan fingerprint density at radius 2 is 1.21 bits per heavy atom. The number of amidine groups is 1. The number of amides is 7. The first-order valence-corrected chi connectivity index (χ1v) is 30.8. The van der Waals surface area contributed by atoms with Crippen LogP contribution < -0.4 is 31.9 Å². The van der Waals surface area contributed by atoms with Crippen molar-refractivity contribution in [3.8, 4) is 0 Å². The van der Waals surface area contributed by atoms with E-state index in [1.165, 1.54) is 76.9 Å². The van der Waals surface area contributed by atoms with Crippen LogP contribution in [0.15, 0.2) is 41.8 Å². The maximum Gasteiger partial charge on any atom is 0.413 e. The lowest BCUT2D eigenvalue weighted by Crippen LogP contribution is -2.50. The molecular weight excluding hydrogens is 1120 g/mol. The monoisotopic (exact) mass is 1210 g/mol. The molecule has 0 bridgehead atoms. The number of fused-ring (bicyclic) bond motifs is 1. The number of nitrogens with zero attached hydrogens (tertiary/aromatic N) is 1. The van der Waals surface area contributed by atoms with Crippen LogP contribution in [0, 0.1) is 10.8 Å². The van der Waals surface area contributed by atoms with E-state index in [0.717, 1.165) is 55.4 Å². The Balaban J connectivity index is 0.915. The molecule has 1 unspecified atom stereocenters. The number of hydrogen-bond donors (Lipinski definition) is 7. The molecule has 2 aliphatic rings. The first-order valence-electron chi connectivity index (χ1n) is 29.9. The van der Waals surface area contributed by atoms with Crippen molar-refractivity contribution >= 4 is 70.6 Å². The van der Waals surface area contributed by atoms with Crippen LogP contribution in [0.3, 0.4) is 0 Å². The van der Waals surface area contributed by atoms with Gasteiger partial charge >= 0.3 is 18.0 Å². The maximum absolute atomic E-state index is 13.4. The molecule has 4 rings (SSSR count). The molecule has 25 heteroatoms. The van der Waals surface area contributed by atoms with Gasteiger partial charge in [-0.1, -0.05) is 114 Å². The first kappa shape index (κ1) is 70.9. The summed E-state index contributed by atoms with van der Waals surface area (Å²) in [5, 5.41) is 25.9. The van der Waals surface area contributed by atoms with Crippen LogP contribution in [-0.4, -0.2) is 169 Å². The van der Waals surface area contributed by atoms with E-state index in [4.69, 9.17) is 33.8 Å². The van der Waals surface area contributed by atoms with Gasteiger partial charge in [0.1, 0.15) is 37.7 Å². The van der Waals surface area contributed by atoms with Crippen LogP contribution in [0.1, 0.15) is 151 Å². The molecule has 24 nitrogen and oxygen atoms in total.